The lowest BCUT2D eigenvalue weighted by Crippen LogP contribution is -2.26. The third-order valence-corrected chi connectivity index (χ3v) is 4.38. The maximum atomic E-state index is 12.8. The minimum absolute atomic E-state index is 0.187. The van der Waals surface area contributed by atoms with Crippen LogP contribution in [0.1, 0.15) is 17.3 Å². The maximum Gasteiger partial charge on any atom is 0.263 e. The standard InChI is InChI=1S/C17H16N4O2S/c1-3-23-14-9-5-4-8-13(14)16(22)21(2)17-20-19-15(24-17)12-7-6-10-18-11-12/h4-11H,3H2,1-2H3. The molecule has 3 aromatic rings. The van der Waals surface area contributed by atoms with Crippen LogP contribution in [0, 0.1) is 0 Å². The highest BCUT2D eigenvalue weighted by atomic mass is 32.1. The number of rotatable bonds is 5. The van der Waals surface area contributed by atoms with E-state index in [1.54, 1.807) is 31.6 Å². The largest absolute Gasteiger partial charge is 0.493 e. The van der Waals surface area contributed by atoms with Gasteiger partial charge in [-0.25, -0.2) is 0 Å². The van der Waals surface area contributed by atoms with E-state index in [2.05, 4.69) is 15.2 Å². The molecule has 0 bridgehead atoms. The topological polar surface area (TPSA) is 68.2 Å². The second-order valence-corrected chi connectivity index (χ2v) is 5.88. The molecule has 6 nitrogen and oxygen atoms in total. The Morgan fingerprint density at radius 2 is 2.04 bits per heavy atom. The molecule has 122 valence electrons. The lowest BCUT2D eigenvalue weighted by atomic mass is 10.2. The van der Waals surface area contributed by atoms with Gasteiger partial charge in [-0.15, -0.1) is 10.2 Å². The molecular weight excluding hydrogens is 324 g/mol. The van der Waals surface area contributed by atoms with E-state index in [9.17, 15) is 4.79 Å². The van der Waals surface area contributed by atoms with Crippen LogP contribution in [0.2, 0.25) is 0 Å². The summed E-state index contributed by atoms with van der Waals surface area (Å²) in [5, 5.41) is 9.50. The predicted molar refractivity (Wildman–Crippen MR) is 93.5 cm³/mol. The highest BCUT2D eigenvalue weighted by molar-refractivity contribution is 7.18. The van der Waals surface area contributed by atoms with Gasteiger partial charge in [0.1, 0.15) is 5.75 Å². The summed E-state index contributed by atoms with van der Waals surface area (Å²) in [5.41, 5.74) is 1.37. The van der Waals surface area contributed by atoms with E-state index >= 15 is 0 Å². The monoisotopic (exact) mass is 340 g/mol. The quantitative estimate of drug-likeness (QED) is 0.713. The molecule has 1 amide bonds. The summed E-state index contributed by atoms with van der Waals surface area (Å²) in [6.07, 6.45) is 3.42. The summed E-state index contributed by atoms with van der Waals surface area (Å²) >= 11 is 1.34. The second-order valence-electron chi connectivity index (χ2n) is 4.92. The van der Waals surface area contributed by atoms with Gasteiger partial charge in [0.25, 0.3) is 5.91 Å². The van der Waals surface area contributed by atoms with Gasteiger partial charge in [-0.05, 0) is 31.2 Å². The molecule has 0 saturated heterocycles. The average Bonchev–Trinajstić information content (AvgIpc) is 3.12. The van der Waals surface area contributed by atoms with Gasteiger partial charge < -0.3 is 4.74 Å². The minimum atomic E-state index is -0.187. The third-order valence-electron chi connectivity index (χ3n) is 3.33. The van der Waals surface area contributed by atoms with Crippen molar-refractivity contribution in [3.8, 4) is 16.3 Å². The van der Waals surface area contributed by atoms with Gasteiger partial charge >= 0.3 is 0 Å². The number of hydrogen-bond acceptors (Lipinski definition) is 6. The maximum absolute atomic E-state index is 12.8. The third kappa shape index (κ3) is 3.26. The molecule has 0 spiro atoms. The summed E-state index contributed by atoms with van der Waals surface area (Å²) in [6, 6.07) is 10.9. The van der Waals surface area contributed by atoms with Crippen LogP contribution in [0.5, 0.6) is 5.75 Å². The van der Waals surface area contributed by atoms with Gasteiger partial charge in [0.15, 0.2) is 5.01 Å². The van der Waals surface area contributed by atoms with Crippen LogP contribution >= 0.6 is 11.3 Å². The van der Waals surface area contributed by atoms with E-state index < -0.39 is 0 Å². The van der Waals surface area contributed by atoms with Crippen molar-refractivity contribution < 1.29 is 9.53 Å². The number of pyridine rings is 1. The summed E-state index contributed by atoms with van der Waals surface area (Å²) in [5.74, 6) is 0.377. The highest BCUT2D eigenvalue weighted by Gasteiger charge is 2.21. The Morgan fingerprint density at radius 1 is 1.21 bits per heavy atom. The fourth-order valence-corrected chi connectivity index (χ4v) is 2.94. The fourth-order valence-electron chi connectivity index (χ4n) is 2.15. The van der Waals surface area contributed by atoms with Crippen molar-refractivity contribution in [1.29, 1.82) is 0 Å². The van der Waals surface area contributed by atoms with E-state index in [1.165, 1.54) is 16.2 Å². The molecule has 0 atom stereocenters. The van der Waals surface area contributed by atoms with E-state index in [4.69, 9.17) is 4.74 Å². The van der Waals surface area contributed by atoms with Crippen molar-refractivity contribution in [3.63, 3.8) is 0 Å². The first-order chi connectivity index (χ1) is 11.7. The number of amides is 1. The van der Waals surface area contributed by atoms with Crippen molar-refractivity contribution in [1.82, 2.24) is 15.2 Å². The fraction of sp³-hybridized carbons (Fsp3) is 0.176. The molecule has 0 aliphatic carbocycles. The van der Waals surface area contributed by atoms with Gasteiger partial charge in [-0.1, -0.05) is 23.5 Å². The number of aromatic nitrogens is 3. The Morgan fingerprint density at radius 3 is 2.79 bits per heavy atom. The zero-order valence-electron chi connectivity index (χ0n) is 13.3. The predicted octanol–water partition coefficient (Wildman–Crippen LogP) is 3.28. The molecule has 2 heterocycles. The van der Waals surface area contributed by atoms with Gasteiger partial charge in [0, 0.05) is 25.0 Å². The lowest BCUT2D eigenvalue weighted by molar-refractivity contribution is 0.0989. The summed E-state index contributed by atoms with van der Waals surface area (Å²) in [4.78, 5) is 18.3. The van der Waals surface area contributed by atoms with Crippen LogP contribution in [0.25, 0.3) is 10.6 Å². The number of para-hydroxylation sites is 1. The van der Waals surface area contributed by atoms with Crippen molar-refractivity contribution in [2.75, 3.05) is 18.6 Å². The number of carbonyl (C=O) groups is 1. The smallest absolute Gasteiger partial charge is 0.263 e. The van der Waals surface area contributed by atoms with E-state index in [0.717, 1.165) is 10.6 Å². The van der Waals surface area contributed by atoms with Gasteiger partial charge in [0.05, 0.1) is 12.2 Å². The number of hydrogen-bond donors (Lipinski definition) is 0. The molecule has 24 heavy (non-hydrogen) atoms. The summed E-state index contributed by atoms with van der Waals surface area (Å²) in [7, 11) is 1.68. The number of ether oxygens (including phenoxy) is 1. The molecule has 0 aliphatic rings. The first-order valence-electron chi connectivity index (χ1n) is 7.44. The van der Waals surface area contributed by atoms with Crippen molar-refractivity contribution >= 4 is 22.4 Å². The summed E-state index contributed by atoms with van der Waals surface area (Å²) < 4.78 is 5.53. The Balaban J connectivity index is 1.86. The molecule has 0 unspecified atom stereocenters. The molecule has 0 aliphatic heterocycles. The highest BCUT2D eigenvalue weighted by Crippen LogP contribution is 2.29. The molecule has 3 rings (SSSR count). The van der Waals surface area contributed by atoms with Crippen molar-refractivity contribution in [2.45, 2.75) is 6.92 Å². The van der Waals surface area contributed by atoms with Crippen LogP contribution in [-0.4, -0.2) is 34.7 Å². The van der Waals surface area contributed by atoms with Crippen LogP contribution in [-0.2, 0) is 0 Å². The Bertz CT molecular complexity index is 835. The molecule has 0 fully saturated rings. The number of nitrogens with zero attached hydrogens (tertiary/aromatic N) is 4. The van der Waals surface area contributed by atoms with E-state index in [-0.39, 0.29) is 5.91 Å². The zero-order chi connectivity index (χ0) is 16.9. The molecule has 1 aromatic carbocycles. The number of carbonyl (C=O) groups excluding carboxylic acids is 1. The van der Waals surface area contributed by atoms with Crippen LogP contribution in [0.3, 0.4) is 0 Å². The van der Waals surface area contributed by atoms with Crippen LogP contribution in [0.4, 0.5) is 5.13 Å². The summed E-state index contributed by atoms with van der Waals surface area (Å²) in [6.45, 7) is 2.38. The Labute approximate surface area is 143 Å². The first-order valence-corrected chi connectivity index (χ1v) is 8.26. The van der Waals surface area contributed by atoms with Gasteiger partial charge in [-0.3, -0.25) is 14.7 Å². The Kier molecular flexibility index (Phi) is 4.81. The molecule has 0 radical (unpaired) electrons. The van der Waals surface area contributed by atoms with Crippen LogP contribution < -0.4 is 9.64 Å². The van der Waals surface area contributed by atoms with Gasteiger partial charge in [-0.2, -0.15) is 0 Å². The Hall–Kier alpha value is -2.80. The molecule has 0 saturated carbocycles. The number of anilines is 1. The molecule has 2 aromatic heterocycles. The molecular formula is C17H16N4O2S. The second kappa shape index (κ2) is 7.18. The average molecular weight is 340 g/mol. The number of benzene rings is 1. The van der Waals surface area contributed by atoms with Crippen LogP contribution in [0.15, 0.2) is 48.8 Å². The normalized spacial score (nSPS) is 10.4. The van der Waals surface area contributed by atoms with Crippen molar-refractivity contribution in [3.05, 3.63) is 54.4 Å². The van der Waals surface area contributed by atoms with Crippen molar-refractivity contribution in [2.24, 2.45) is 0 Å². The zero-order valence-corrected chi connectivity index (χ0v) is 14.2. The van der Waals surface area contributed by atoms with E-state index in [1.807, 2.05) is 31.2 Å². The molecule has 0 N–H and O–H groups in total. The SMILES string of the molecule is CCOc1ccccc1C(=O)N(C)c1nnc(-c2cccnc2)s1. The minimum Gasteiger partial charge on any atom is -0.493 e. The van der Waals surface area contributed by atoms with Gasteiger partial charge in [0.2, 0.25) is 5.13 Å². The lowest BCUT2D eigenvalue weighted by Gasteiger charge is -2.15. The van der Waals surface area contributed by atoms with E-state index in [0.29, 0.717) is 23.1 Å². The molecule has 7 heteroatoms. The first kappa shape index (κ1) is 16.1.